The normalized spacial score (nSPS) is 12.0. The quantitative estimate of drug-likeness (QED) is 0.230. The monoisotopic (exact) mass is 470 g/mol. The molecule has 33 heavy (non-hydrogen) atoms. The second-order valence-electron chi connectivity index (χ2n) is 7.52. The molecule has 0 radical (unpaired) electrons. The van der Waals surface area contributed by atoms with Crippen LogP contribution in [0.1, 0.15) is 42.4 Å². The first-order chi connectivity index (χ1) is 16.1. The van der Waals surface area contributed by atoms with Gasteiger partial charge in [-0.3, -0.25) is 5.10 Å². The molecule has 4 rings (SSSR count). The Balaban J connectivity index is 1.54. The van der Waals surface area contributed by atoms with E-state index in [1.807, 2.05) is 18.2 Å². The highest BCUT2D eigenvalue weighted by molar-refractivity contribution is 6.17. The molecule has 0 amide bonds. The zero-order valence-electron chi connectivity index (χ0n) is 18.3. The molecule has 2 N–H and O–H groups in total. The number of hydrogen-bond acceptors (Lipinski definition) is 7. The highest BCUT2D eigenvalue weighted by atomic mass is 35.5. The number of unbranched alkanes of at least 4 members (excludes halogenated alkanes) is 1. The highest BCUT2D eigenvalue weighted by Crippen LogP contribution is 2.33. The molecule has 2 aromatic carbocycles. The van der Waals surface area contributed by atoms with Crippen LogP contribution in [0.15, 0.2) is 47.0 Å². The van der Waals surface area contributed by atoms with Crippen molar-refractivity contribution < 1.29 is 13.7 Å². The van der Waals surface area contributed by atoms with Crippen molar-refractivity contribution in [2.75, 3.05) is 18.3 Å². The third kappa shape index (κ3) is 5.48. The van der Waals surface area contributed by atoms with Crippen LogP contribution in [0.2, 0.25) is 0 Å². The Kier molecular flexibility index (Phi) is 7.19. The van der Waals surface area contributed by atoms with Gasteiger partial charge in [0, 0.05) is 23.6 Å². The topological polar surface area (TPSA) is 102 Å². The fourth-order valence-electron chi connectivity index (χ4n) is 3.57. The summed E-state index contributed by atoms with van der Waals surface area (Å²) in [5.41, 5.74) is 2.39. The second-order valence-corrected chi connectivity index (χ2v) is 7.90. The summed E-state index contributed by atoms with van der Waals surface area (Å²) in [4.78, 5) is 8.89. The minimum Gasteiger partial charge on any atom is -0.496 e. The number of alkyl halides is 1. The van der Waals surface area contributed by atoms with Crippen LogP contribution < -0.4 is 10.1 Å². The fourth-order valence-corrected chi connectivity index (χ4v) is 3.76. The van der Waals surface area contributed by atoms with Gasteiger partial charge in [0.15, 0.2) is 5.82 Å². The number of rotatable bonds is 10. The molecule has 1 unspecified atom stereocenters. The summed E-state index contributed by atoms with van der Waals surface area (Å²) < 4.78 is 24.2. The molecule has 1 atom stereocenters. The van der Waals surface area contributed by atoms with E-state index >= 15 is 0 Å². The lowest BCUT2D eigenvalue weighted by atomic mass is 9.93. The predicted octanol–water partition coefficient (Wildman–Crippen LogP) is 5.60. The predicted molar refractivity (Wildman–Crippen MR) is 124 cm³/mol. The Morgan fingerprint density at radius 3 is 2.67 bits per heavy atom. The van der Waals surface area contributed by atoms with E-state index in [-0.39, 0.29) is 11.7 Å². The van der Waals surface area contributed by atoms with Crippen LogP contribution in [0, 0.1) is 12.7 Å². The van der Waals surface area contributed by atoms with E-state index in [0.717, 1.165) is 30.5 Å². The summed E-state index contributed by atoms with van der Waals surface area (Å²) in [5.74, 6) is 2.90. The summed E-state index contributed by atoms with van der Waals surface area (Å²) in [5, 5.41) is 14.3. The Hall–Kier alpha value is -3.46. The standard InChI is InChI=1S/C23H24ClFN6O2/c1-14-26-22(33-31-14)19-11-10-17(13-20(19)32-2)27-23-28-21(29-30-23)18(5-3-4-12-24)15-6-8-16(25)9-7-15/h6-11,13,18H,3-5,12H2,1-2H3,(H2,27,28,29,30). The van der Waals surface area contributed by atoms with Crippen molar-refractivity contribution in [2.45, 2.75) is 32.1 Å². The summed E-state index contributed by atoms with van der Waals surface area (Å²) in [6.45, 7) is 1.76. The third-order valence-electron chi connectivity index (χ3n) is 5.20. The molecule has 0 fully saturated rings. The molecule has 172 valence electrons. The number of H-pyrrole nitrogens is 1. The number of halogens is 2. The molecule has 4 aromatic rings. The van der Waals surface area contributed by atoms with Gasteiger partial charge in [0.05, 0.1) is 12.7 Å². The molecule has 2 aromatic heterocycles. The fraction of sp³-hybridized carbons (Fsp3) is 0.304. The summed E-state index contributed by atoms with van der Waals surface area (Å²) in [7, 11) is 1.57. The van der Waals surface area contributed by atoms with Crippen molar-refractivity contribution in [1.29, 1.82) is 0 Å². The third-order valence-corrected chi connectivity index (χ3v) is 5.46. The lowest BCUT2D eigenvalue weighted by Gasteiger charge is -2.14. The number of nitrogens with zero attached hydrogens (tertiary/aromatic N) is 4. The minimum absolute atomic E-state index is 0.0467. The maximum Gasteiger partial charge on any atom is 0.261 e. The zero-order valence-corrected chi connectivity index (χ0v) is 19.1. The van der Waals surface area contributed by atoms with Gasteiger partial charge in [0.25, 0.3) is 5.89 Å². The first kappa shape index (κ1) is 22.7. The number of aromatic nitrogens is 5. The molecule has 0 aliphatic rings. The number of hydrogen-bond donors (Lipinski definition) is 2. The van der Waals surface area contributed by atoms with Crippen molar-refractivity contribution >= 4 is 23.2 Å². The van der Waals surface area contributed by atoms with Gasteiger partial charge in [-0.15, -0.1) is 16.7 Å². The van der Waals surface area contributed by atoms with E-state index in [4.69, 9.17) is 20.9 Å². The molecule has 0 saturated carbocycles. The smallest absolute Gasteiger partial charge is 0.261 e. The van der Waals surface area contributed by atoms with Gasteiger partial charge >= 0.3 is 0 Å². The van der Waals surface area contributed by atoms with Gasteiger partial charge in [-0.25, -0.2) is 4.39 Å². The highest BCUT2D eigenvalue weighted by Gasteiger charge is 2.19. The number of nitrogens with one attached hydrogen (secondary N) is 2. The van der Waals surface area contributed by atoms with Crippen LogP contribution in [-0.2, 0) is 0 Å². The zero-order chi connectivity index (χ0) is 23.2. The Bertz CT molecular complexity index is 1190. The van der Waals surface area contributed by atoms with Gasteiger partial charge < -0.3 is 14.6 Å². The van der Waals surface area contributed by atoms with Gasteiger partial charge in [-0.05, 0) is 49.6 Å². The number of methoxy groups -OCH3 is 1. The Labute approximate surface area is 195 Å². The molecule has 8 nitrogen and oxygen atoms in total. The average molecular weight is 471 g/mol. The van der Waals surface area contributed by atoms with Crippen LogP contribution in [0.25, 0.3) is 11.5 Å². The van der Waals surface area contributed by atoms with Gasteiger partial charge in [-0.1, -0.05) is 23.7 Å². The van der Waals surface area contributed by atoms with Crippen molar-refractivity contribution in [1.82, 2.24) is 25.3 Å². The van der Waals surface area contributed by atoms with Gasteiger partial charge in [-0.2, -0.15) is 9.97 Å². The van der Waals surface area contributed by atoms with E-state index in [1.54, 1.807) is 26.2 Å². The van der Waals surface area contributed by atoms with E-state index in [1.165, 1.54) is 12.1 Å². The molecule has 0 aliphatic heterocycles. The molecule has 0 spiro atoms. The molecule has 0 bridgehead atoms. The molecular formula is C23H24ClFN6O2. The summed E-state index contributed by atoms with van der Waals surface area (Å²) in [6.07, 6.45) is 2.63. The molecular weight excluding hydrogens is 447 g/mol. The average Bonchev–Trinajstić information content (AvgIpc) is 3.46. The second kappa shape index (κ2) is 10.4. The molecule has 0 saturated heterocycles. The number of aromatic amines is 1. The first-order valence-electron chi connectivity index (χ1n) is 10.6. The van der Waals surface area contributed by atoms with E-state index in [9.17, 15) is 4.39 Å². The molecule has 10 heteroatoms. The number of aryl methyl sites for hydroxylation is 1. The van der Waals surface area contributed by atoms with Gasteiger partial charge in [0.2, 0.25) is 5.95 Å². The van der Waals surface area contributed by atoms with E-state index in [2.05, 4.69) is 30.6 Å². The number of benzene rings is 2. The van der Waals surface area contributed by atoms with Crippen LogP contribution >= 0.6 is 11.6 Å². The number of anilines is 2. The van der Waals surface area contributed by atoms with Crippen molar-refractivity contribution in [3.63, 3.8) is 0 Å². The minimum atomic E-state index is -0.272. The Morgan fingerprint density at radius 2 is 1.97 bits per heavy atom. The maximum atomic E-state index is 13.4. The SMILES string of the molecule is COc1cc(Nc2n[nH]c(C(CCCCCl)c3ccc(F)cc3)n2)ccc1-c1nc(C)no1. The van der Waals surface area contributed by atoms with Crippen molar-refractivity contribution in [2.24, 2.45) is 0 Å². The van der Waals surface area contributed by atoms with Crippen molar-refractivity contribution in [3.05, 3.63) is 65.5 Å². The lowest BCUT2D eigenvalue weighted by molar-refractivity contribution is 0.404. The van der Waals surface area contributed by atoms with E-state index in [0.29, 0.717) is 40.7 Å². The molecule has 0 aliphatic carbocycles. The van der Waals surface area contributed by atoms with E-state index < -0.39 is 0 Å². The largest absolute Gasteiger partial charge is 0.496 e. The summed E-state index contributed by atoms with van der Waals surface area (Å²) >= 11 is 5.85. The van der Waals surface area contributed by atoms with Crippen molar-refractivity contribution in [3.8, 4) is 17.2 Å². The van der Waals surface area contributed by atoms with Crippen LogP contribution in [0.5, 0.6) is 5.75 Å². The van der Waals surface area contributed by atoms with Crippen LogP contribution in [-0.4, -0.2) is 38.3 Å². The Morgan fingerprint density at radius 1 is 1.15 bits per heavy atom. The molecule has 2 heterocycles. The van der Waals surface area contributed by atoms with Crippen LogP contribution in [0.4, 0.5) is 16.0 Å². The summed E-state index contributed by atoms with van der Waals surface area (Å²) in [6, 6.07) is 12.0. The first-order valence-corrected chi connectivity index (χ1v) is 11.1. The number of ether oxygens (including phenoxy) is 1. The van der Waals surface area contributed by atoms with Crippen LogP contribution in [0.3, 0.4) is 0 Å². The lowest BCUT2D eigenvalue weighted by Crippen LogP contribution is -2.04. The van der Waals surface area contributed by atoms with Gasteiger partial charge in [0.1, 0.15) is 17.4 Å². The maximum absolute atomic E-state index is 13.4.